The van der Waals surface area contributed by atoms with Crippen molar-refractivity contribution in [2.45, 2.75) is 77.4 Å². The van der Waals surface area contributed by atoms with Crippen molar-refractivity contribution in [1.82, 2.24) is 9.80 Å². The molecule has 34 heavy (non-hydrogen) atoms. The van der Waals surface area contributed by atoms with Gasteiger partial charge in [0, 0.05) is 38.8 Å². The molecule has 1 amide bonds. The van der Waals surface area contributed by atoms with Crippen LogP contribution in [0.1, 0.15) is 48.5 Å². The second-order valence-electron chi connectivity index (χ2n) is 12.0. The minimum absolute atomic E-state index is 0.213. The maximum absolute atomic E-state index is 12.3. The van der Waals surface area contributed by atoms with Crippen LogP contribution in [-0.2, 0) is 14.0 Å². The van der Waals surface area contributed by atoms with E-state index in [4.69, 9.17) is 18.8 Å². The van der Waals surface area contributed by atoms with Gasteiger partial charge in [-0.25, -0.2) is 4.79 Å². The van der Waals surface area contributed by atoms with E-state index >= 15 is 0 Å². The molecule has 4 aliphatic heterocycles. The van der Waals surface area contributed by atoms with Crippen LogP contribution in [0.3, 0.4) is 0 Å². The number of ether oxygens (including phenoxy) is 2. The summed E-state index contributed by atoms with van der Waals surface area (Å²) in [6.07, 6.45) is -0.213. The van der Waals surface area contributed by atoms with E-state index in [1.54, 1.807) is 4.90 Å². The molecule has 8 nitrogen and oxygen atoms in total. The fraction of sp³-hybridized carbons (Fsp3) is 0.720. The van der Waals surface area contributed by atoms with E-state index < -0.39 is 5.60 Å². The summed E-state index contributed by atoms with van der Waals surface area (Å²) in [6, 6.07) is 7.01. The summed E-state index contributed by atoms with van der Waals surface area (Å²) in [4.78, 5) is 19.0. The van der Waals surface area contributed by atoms with E-state index in [-0.39, 0.29) is 24.4 Å². The number of rotatable bonds is 2. The minimum atomic E-state index is -0.455. The molecule has 1 atom stereocenters. The zero-order valence-electron chi connectivity index (χ0n) is 21.6. The van der Waals surface area contributed by atoms with Crippen LogP contribution in [0.4, 0.5) is 10.5 Å². The molecule has 4 heterocycles. The molecule has 0 radical (unpaired) electrons. The summed E-state index contributed by atoms with van der Waals surface area (Å²) in [6.45, 7) is 19.0. The van der Waals surface area contributed by atoms with Crippen molar-refractivity contribution in [1.29, 1.82) is 0 Å². The van der Waals surface area contributed by atoms with Crippen molar-refractivity contribution in [2.24, 2.45) is 0 Å². The Hall–Kier alpha value is -1.97. The van der Waals surface area contributed by atoms with Crippen LogP contribution in [0.15, 0.2) is 18.2 Å². The SMILES string of the molecule is CC(C)(C)OC(=O)N1CC(N2CCN3c4ccc(B5OC(C)(C)C(C)(C)O5)cc4OC[C@H]3C2)C1. The molecule has 0 saturated carbocycles. The number of carbonyl (C=O) groups excluding carboxylic acids is 1. The number of likely N-dealkylation sites (tertiary alicyclic amines) is 1. The number of fused-ring (bicyclic) bond motifs is 3. The highest BCUT2D eigenvalue weighted by molar-refractivity contribution is 6.62. The molecule has 1 aromatic rings. The van der Waals surface area contributed by atoms with E-state index in [0.29, 0.717) is 18.7 Å². The van der Waals surface area contributed by atoms with Crippen LogP contribution in [-0.4, -0.2) is 91.2 Å². The van der Waals surface area contributed by atoms with Gasteiger partial charge in [-0.2, -0.15) is 0 Å². The first-order valence-electron chi connectivity index (χ1n) is 12.4. The maximum Gasteiger partial charge on any atom is 0.494 e. The van der Waals surface area contributed by atoms with Crippen molar-refractivity contribution in [3.8, 4) is 5.75 Å². The molecule has 4 aliphatic rings. The Labute approximate surface area is 203 Å². The topological polar surface area (TPSA) is 63.7 Å². The average molecular weight is 471 g/mol. The van der Waals surface area contributed by atoms with E-state index in [9.17, 15) is 4.79 Å². The van der Waals surface area contributed by atoms with Crippen LogP contribution in [0.2, 0.25) is 0 Å². The molecule has 5 rings (SSSR count). The standard InChI is InChI=1S/C25H38BN3O5/c1-23(2,3)32-22(30)28-13-18(14-28)27-10-11-29-19(15-27)16-31-21-12-17(8-9-20(21)29)26-33-24(4,5)25(6,7)34-26/h8-9,12,18-19H,10-11,13-16H2,1-7H3/t19-/m1/s1. The summed E-state index contributed by atoms with van der Waals surface area (Å²) in [5.41, 5.74) is 0.946. The van der Waals surface area contributed by atoms with Crippen molar-refractivity contribution in [3.63, 3.8) is 0 Å². The van der Waals surface area contributed by atoms with Gasteiger partial charge < -0.3 is 28.6 Å². The van der Waals surface area contributed by atoms with Gasteiger partial charge in [0.05, 0.1) is 22.9 Å². The second kappa shape index (κ2) is 8.03. The Bertz CT molecular complexity index is 940. The molecule has 3 fully saturated rings. The third-order valence-corrected chi connectivity index (χ3v) is 7.79. The Balaban J connectivity index is 1.20. The second-order valence-corrected chi connectivity index (χ2v) is 12.0. The molecule has 0 N–H and O–H groups in total. The quantitative estimate of drug-likeness (QED) is 0.615. The first-order valence-corrected chi connectivity index (χ1v) is 12.4. The van der Waals surface area contributed by atoms with Crippen molar-refractivity contribution >= 4 is 24.4 Å². The zero-order chi connectivity index (χ0) is 24.5. The average Bonchev–Trinajstić information content (AvgIpc) is 2.92. The molecule has 9 heteroatoms. The molecule has 0 aliphatic carbocycles. The van der Waals surface area contributed by atoms with Gasteiger partial charge in [-0.1, -0.05) is 6.07 Å². The van der Waals surface area contributed by atoms with Gasteiger partial charge in [-0.05, 0) is 66.1 Å². The Kier molecular flexibility index (Phi) is 5.61. The molecular formula is C25H38BN3O5. The normalized spacial score (nSPS) is 26.4. The van der Waals surface area contributed by atoms with Gasteiger partial charge in [0.2, 0.25) is 0 Å². The van der Waals surface area contributed by atoms with Crippen LogP contribution in [0.5, 0.6) is 5.75 Å². The molecule has 3 saturated heterocycles. The summed E-state index contributed by atoms with van der Waals surface area (Å²) in [7, 11) is -0.389. The fourth-order valence-corrected chi connectivity index (χ4v) is 5.03. The third-order valence-electron chi connectivity index (χ3n) is 7.79. The van der Waals surface area contributed by atoms with Gasteiger partial charge in [0.1, 0.15) is 18.0 Å². The molecular weight excluding hydrogens is 433 g/mol. The van der Waals surface area contributed by atoms with Gasteiger partial charge in [0.25, 0.3) is 0 Å². The molecule has 1 aromatic carbocycles. The summed E-state index contributed by atoms with van der Waals surface area (Å²) in [5.74, 6) is 0.900. The van der Waals surface area contributed by atoms with Crippen LogP contribution < -0.4 is 15.1 Å². The first-order chi connectivity index (χ1) is 15.8. The highest BCUT2D eigenvalue weighted by atomic mass is 16.7. The van der Waals surface area contributed by atoms with Gasteiger partial charge in [-0.15, -0.1) is 0 Å². The molecule has 0 bridgehead atoms. The van der Waals surface area contributed by atoms with E-state index in [1.165, 1.54) is 0 Å². The summed E-state index contributed by atoms with van der Waals surface area (Å²) in [5, 5.41) is 0. The first kappa shape index (κ1) is 23.8. The van der Waals surface area contributed by atoms with E-state index in [0.717, 1.165) is 49.6 Å². The number of hydrogen-bond acceptors (Lipinski definition) is 7. The lowest BCUT2D eigenvalue weighted by Gasteiger charge is -2.51. The lowest BCUT2D eigenvalue weighted by atomic mass is 9.78. The molecule has 0 spiro atoms. The van der Waals surface area contributed by atoms with Crippen LogP contribution in [0.25, 0.3) is 0 Å². The number of benzene rings is 1. The van der Waals surface area contributed by atoms with Crippen LogP contribution >= 0.6 is 0 Å². The number of carbonyl (C=O) groups is 1. The summed E-state index contributed by atoms with van der Waals surface area (Å²) >= 11 is 0. The van der Waals surface area contributed by atoms with E-state index in [1.807, 2.05) is 20.8 Å². The maximum atomic E-state index is 12.3. The van der Waals surface area contributed by atoms with Gasteiger partial charge in [-0.3, -0.25) is 4.90 Å². The Morgan fingerprint density at radius 1 is 1.03 bits per heavy atom. The number of piperazine rings is 1. The Morgan fingerprint density at radius 3 is 2.35 bits per heavy atom. The lowest BCUT2D eigenvalue weighted by Crippen LogP contribution is -2.67. The monoisotopic (exact) mass is 471 g/mol. The van der Waals surface area contributed by atoms with Crippen LogP contribution in [0, 0.1) is 0 Å². The largest absolute Gasteiger partial charge is 0.494 e. The van der Waals surface area contributed by atoms with Crippen molar-refractivity contribution in [3.05, 3.63) is 18.2 Å². The molecule has 0 unspecified atom stereocenters. The van der Waals surface area contributed by atoms with Crippen molar-refractivity contribution < 1.29 is 23.6 Å². The molecule has 0 aromatic heterocycles. The zero-order valence-corrected chi connectivity index (χ0v) is 21.6. The number of amides is 1. The van der Waals surface area contributed by atoms with Crippen molar-refractivity contribution in [2.75, 3.05) is 44.2 Å². The summed E-state index contributed by atoms with van der Waals surface area (Å²) < 4.78 is 24.2. The fourth-order valence-electron chi connectivity index (χ4n) is 5.03. The number of nitrogens with zero attached hydrogens (tertiary/aromatic N) is 3. The Morgan fingerprint density at radius 2 is 1.71 bits per heavy atom. The molecule has 186 valence electrons. The number of anilines is 1. The highest BCUT2D eigenvalue weighted by Crippen LogP contribution is 2.39. The lowest BCUT2D eigenvalue weighted by molar-refractivity contribution is -0.0202. The van der Waals surface area contributed by atoms with E-state index in [2.05, 4.69) is 55.7 Å². The predicted molar refractivity (Wildman–Crippen MR) is 132 cm³/mol. The highest BCUT2D eigenvalue weighted by Gasteiger charge is 2.52. The van der Waals surface area contributed by atoms with Gasteiger partial charge in [0.15, 0.2) is 0 Å². The third kappa shape index (κ3) is 4.27. The van der Waals surface area contributed by atoms with Gasteiger partial charge >= 0.3 is 13.2 Å². The number of hydrogen-bond donors (Lipinski definition) is 0. The predicted octanol–water partition coefficient (Wildman–Crippen LogP) is 2.49. The minimum Gasteiger partial charge on any atom is -0.489 e. The smallest absolute Gasteiger partial charge is 0.489 e.